The molecular formula is C25H22N2O3S. The molecule has 0 N–H and O–H groups in total. The number of nitrogens with zero attached hydrogens (tertiary/aromatic N) is 2. The molecule has 0 saturated carbocycles. The van der Waals surface area contributed by atoms with Crippen LogP contribution in [0.2, 0.25) is 0 Å². The molecule has 4 aromatic rings. The molecule has 1 amide bonds. The van der Waals surface area contributed by atoms with Crippen LogP contribution >= 0.6 is 11.3 Å². The predicted molar refractivity (Wildman–Crippen MR) is 123 cm³/mol. The quantitative estimate of drug-likeness (QED) is 0.435. The number of amides is 1. The number of hydrogen-bond donors (Lipinski definition) is 0. The van der Waals surface area contributed by atoms with Gasteiger partial charge in [-0.25, -0.2) is 4.98 Å². The monoisotopic (exact) mass is 430 g/mol. The lowest BCUT2D eigenvalue weighted by molar-refractivity contribution is -0.127. The first kappa shape index (κ1) is 19.6. The van der Waals surface area contributed by atoms with Crippen molar-refractivity contribution in [3.63, 3.8) is 0 Å². The number of fused-ring (bicyclic) bond motifs is 2. The average molecular weight is 431 g/mol. The number of carbonyl (C=O) groups excluding carboxylic acids is 1. The van der Waals surface area contributed by atoms with Gasteiger partial charge in [0.15, 0.2) is 16.6 Å². The van der Waals surface area contributed by atoms with Crippen LogP contribution in [0.4, 0.5) is 5.13 Å². The Morgan fingerprint density at radius 1 is 1.03 bits per heavy atom. The highest BCUT2D eigenvalue weighted by atomic mass is 32.1. The van der Waals surface area contributed by atoms with Gasteiger partial charge in [0, 0.05) is 0 Å². The van der Waals surface area contributed by atoms with E-state index in [-0.39, 0.29) is 12.5 Å². The first-order chi connectivity index (χ1) is 15.2. The maximum absolute atomic E-state index is 13.6. The van der Waals surface area contributed by atoms with Gasteiger partial charge >= 0.3 is 0 Å². The zero-order chi connectivity index (χ0) is 21.2. The summed E-state index contributed by atoms with van der Waals surface area (Å²) in [5, 5.41) is 0.673. The number of para-hydroxylation sites is 3. The Bertz CT molecular complexity index is 1220. The molecule has 5 rings (SSSR count). The second-order valence-electron chi connectivity index (χ2n) is 7.39. The first-order valence-corrected chi connectivity index (χ1v) is 11.2. The molecule has 1 atom stereocenters. The Kier molecular flexibility index (Phi) is 5.30. The van der Waals surface area contributed by atoms with E-state index in [0.29, 0.717) is 23.2 Å². The van der Waals surface area contributed by atoms with Gasteiger partial charge in [-0.2, -0.15) is 0 Å². The molecule has 1 aliphatic heterocycles. The van der Waals surface area contributed by atoms with Gasteiger partial charge in [0.2, 0.25) is 6.10 Å². The fourth-order valence-corrected chi connectivity index (χ4v) is 4.73. The molecule has 31 heavy (non-hydrogen) atoms. The minimum Gasteiger partial charge on any atom is -0.485 e. The summed E-state index contributed by atoms with van der Waals surface area (Å²) in [6.07, 6.45) is 0.167. The van der Waals surface area contributed by atoms with Crippen LogP contribution in [0.25, 0.3) is 10.2 Å². The van der Waals surface area contributed by atoms with E-state index in [9.17, 15) is 4.79 Å². The van der Waals surface area contributed by atoms with E-state index in [2.05, 4.69) is 19.1 Å². The van der Waals surface area contributed by atoms with Crippen molar-refractivity contribution in [2.45, 2.75) is 26.0 Å². The summed E-state index contributed by atoms with van der Waals surface area (Å²) in [4.78, 5) is 20.2. The van der Waals surface area contributed by atoms with E-state index in [1.54, 1.807) is 4.90 Å². The van der Waals surface area contributed by atoms with Gasteiger partial charge in [-0.3, -0.25) is 9.69 Å². The van der Waals surface area contributed by atoms with E-state index in [4.69, 9.17) is 14.5 Å². The largest absolute Gasteiger partial charge is 0.485 e. The van der Waals surface area contributed by atoms with Crippen LogP contribution in [0.1, 0.15) is 18.1 Å². The van der Waals surface area contributed by atoms with Crippen molar-refractivity contribution in [3.8, 4) is 11.5 Å². The first-order valence-electron chi connectivity index (χ1n) is 10.3. The lowest BCUT2D eigenvalue weighted by atomic mass is 10.1. The highest BCUT2D eigenvalue weighted by molar-refractivity contribution is 7.22. The highest BCUT2D eigenvalue weighted by Gasteiger charge is 2.33. The van der Waals surface area contributed by atoms with E-state index < -0.39 is 6.10 Å². The minimum absolute atomic E-state index is 0.157. The van der Waals surface area contributed by atoms with Gasteiger partial charge in [-0.05, 0) is 35.7 Å². The van der Waals surface area contributed by atoms with Crippen molar-refractivity contribution < 1.29 is 14.3 Å². The van der Waals surface area contributed by atoms with Gasteiger partial charge in [0.1, 0.15) is 6.61 Å². The maximum atomic E-state index is 13.6. The van der Waals surface area contributed by atoms with Gasteiger partial charge in [-0.15, -0.1) is 0 Å². The predicted octanol–water partition coefficient (Wildman–Crippen LogP) is 5.23. The molecule has 0 spiro atoms. The Hall–Kier alpha value is -3.38. The van der Waals surface area contributed by atoms with Crippen molar-refractivity contribution >= 4 is 32.6 Å². The molecule has 0 bridgehead atoms. The lowest BCUT2D eigenvalue weighted by Gasteiger charge is -2.29. The van der Waals surface area contributed by atoms with Crippen LogP contribution < -0.4 is 14.4 Å². The fraction of sp³-hybridized carbons (Fsp3) is 0.200. The SMILES string of the molecule is CCc1cccc2sc(N(Cc3ccccc3)C(=O)C3COc4ccccc4O3)nc12. The highest BCUT2D eigenvalue weighted by Crippen LogP contribution is 2.35. The fourth-order valence-electron chi connectivity index (χ4n) is 3.72. The van der Waals surface area contributed by atoms with Crippen LogP contribution in [-0.4, -0.2) is 23.6 Å². The molecule has 2 heterocycles. The molecule has 0 aliphatic carbocycles. The van der Waals surface area contributed by atoms with E-state index in [0.717, 1.165) is 22.2 Å². The van der Waals surface area contributed by atoms with E-state index >= 15 is 0 Å². The average Bonchev–Trinajstić information content (AvgIpc) is 3.26. The number of aryl methyl sites for hydroxylation is 1. The summed E-state index contributed by atoms with van der Waals surface area (Å²) >= 11 is 1.53. The van der Waals surface area contributed by atoms with Crippen molar-refractivity contribution in [2.24, 2.45) is 0 Å². The second kappa shape index (κ2) is 8.40. The number of rotatable bonds is 5. The Morgan fingerprint density at radius 2 is 1.81 bits per heavy atom. The van der Waals surface area contributed by atoms with Crippen LogP contribution in [0.15, 0.2) is 72.8 Å². The third-order valence-electron chi connectivity index (χ3n) is 5.34. The van der Waals surface area contributed by atoms with Crippen molar-refractivity contribution in [2.75, 3.05) is 11.5 Å². The molecule has 156 valence electrons. The Balaban J connectivity index is 1.51. The van der Waals surface area contributed by atoms with Gasteiger partial charge in [0.05, 0.1) is 16.8 Å². The molecule has 1 unspecified atom stereocenters. The number of ether oxygens (including phenoxy) is 2. The number of benzene rings is 3. The standard InChI is InChI=1S/C25H22N2O3S/c1-2-18-11-8-14-22-23(18)26-25(31-22)27(15-17-9-4-3-5-10-17)24(28)21-16-29-19-12-6-7-13-20(19)30-21/h3-14,21H,2,15-16H2,1H3. The second-order valence-corrected chi connectivity index (χ2v) is 8.40. The molecule has 5 nitrogen and oxygen atoms in total. The Morgan fingerprint density at radius 3 is 2.61 bits per heavy atom. The number of carbonyl (C=O) groups is 1. The van der Waals surface area contributed by atoms with Crippen LogP contribution in [-0.2, 0) is 17.8 Å². The zero-order valence-electron chi connectivity index (χ0n) is 17.2. The zero-order valence-corrected chi connectivity index (χ0v) is 18.0. The normalized spacial score (nSPS) is 15.1. The number of aromatic nitrogens is 1. The summed E-state index contributed by atoms with van der Waals surface area (Å²) in [5.41, 5.74) is 3.17. The summed E-state index contributed by atoms with van der Waals surface area (Å²) in [6.45, 7) is 2.71. The van der Waals surface area contributed by atoms with Crippen molar-refractivity contribution in [3.05, 3.63) is 83.9 Å². The van der Waals surface area contributed by atoms with Gasteiger partial charge in [0.25, 0.3) is 5.91 Å². The van der Waals surface area contributed by atoms with E-state index in [1.807, 2.05) is 60.7 Å². The molecule has 0 saturated heterocycles. The number of hydrogen-bond acceptors (Lipinski definition) is 5. The van der Waals surface area contributed by atoms with Gasteiger partial charge < -0.3 is 9.47 Å². The molecule has 1 aromatic heterocycles. The lowest BCUT2D eigenvalue weighted by Crippen LogP contribution is -2.46. The third kappa shape index (κ3) is 3.86. The summed E-state index contributed by atoms with van der Waals surface area (Å²) in [7, 11) is 0. The van der Waals surface area contributed by atoms with E-state index in [1.165, 1.54) is 16.9 Å². The molecule has 1 aliphatic rings. The van der Waals surface area contributed by atoms with Crippen molar-refractivity contribution in [1.82, 2.24) is 4.98 Å². The molecule has 6 heteroatoms. The molecular weight excluding hydrogens is 408 g/mol. The van der Waals surface area contributed by atoms with Crippen LogP contribution in [0.5, 0.6) is 11.5 Å². The molecule has 0 fully saturated rings. The van der Waals surface area contributed by atoms with Gasteiger partial charge in [-0.1, -0.05) is 72.9 Å². The van der Waals surface area contributed by atoms with Crippen LogP contribution in [0, 0.1) is 0 Å². The smallest absolute Gasteiger partial charge is 0.273 e. The number of anilines is 1. The maximum Gasteiger partial charge on any atom is 0.273 e. The third-order valence-corrected chi connectivity index (χ3v) is 6.38. The summed E-state index contributed by atoms with van der Waals surface area (Å²) < 4.78 is 12.9. The molecule has 3 aromatic carbocycles. The topological polar surface area (TPSA) is 51.7 Å². The Labute approximate surface area is 184 Å². The minimum atomic E-state index is -0.726. The number of thiazole rings is 1. The van der Waals surface area contributed by atoms with Crippen LogP contribution in [0.3, 0.4) is 0 Å². The van der Waals surface area contributed by atoms with Crippen molar-refractivity contribution in [1.29, 1.82) is 0 Å². The molecule has 0 radical (unpaired) electrons. The summed E-state index contributed by atoms with van der Waals surface area (Å²) in [5.74, 6) is 1.09. The summed E-state index contributed by atoms with van der Waals surface area (Å²) in [6, 6.07) is 23.5.